The van der Waals surface area contributed by atoms with Gasteiger partial charge in [-0.1, -0.05) is 34.1 Å². The maximum atomic E-state index is 13.4. The number of carboxylic acids is 1. The first-order valence-corrected chi connectivity index (χ1v) is 11.7. The van der Waals surface area contributed by atoms with Gasteiger partial charge in [0.1, 0.15) is 11.3 Å². The molecule has 0 saturated carbocycles. The summed E-state index contributed by atoms with van der Waals surface area (Å²) in [5.41, 5.74) is 1.57. The van der Waals surface area contributed by atoms with Gasteiger partial charge < -0.3 is 33.7 Å². The highest BCUT2D eigenvalue weighted by Crippen LogP contribution is 2.35. The van der Waals surface area contributed by atoms with Gasteiger partial charge in [0.2, 0.25) is 6.79 Å². The van der Waals surface area contributed by atoms with Gasteiger partial charge in [-0.15, -0.1) is 0 Å². The zero-order chi connectivity index (χ0) is 25.7. The zero-order valence-corrected chi connectivity index (χ0v) is 21.2. The molecule has 0 bridgehead atoms. The van der Waals surface area contributed by atoms with E-state index in [1.54, 1.807) is 24.1 Å². The summed E-state index contributed by atoms with van der Waals surface area (Å²) in [5.74, 6) is 0.558. The summed E-state index contributed by atoms with van der Waals surface area (Å²) < 4.78 is 27.7. The molecule has 10 heteroatoms. The summed E-state index contributed by atoms with van der Waals surface area (Å²) in [6.45, 7) is 0.295. The number of hydrogen-bond acceptors (Lipinski definition) is 7. The number of aromatic carboxylic acids is 1. The molecule has 3 aromatic carbocycles. The highest BCUT2D eigenvalue weighted by atomic mass is 79.9. The molecule has 4 rings (SSSR count). The second-order valence-electron chi connectivity index (χ2n) is 7.87. The lowest BCUT2D eigenvalue weighted by Gasteiger charge is -2.24. The molecule has 0 atom stereocenters. The standard InChI is InChI=1S/C26H24BrNO8/c1-32-19-5-3-4-16(8-19)12-28(13-17-6-7-21-22(9-17)36-15-35-21)24(29)14-34-25-20(26(30)31)10-18(27)11-23(25)33-2/h3-11H,12-15H2,1-2H3,(H,30,31). The van der Waals surface area contributed by atoms with Gasteiger partial charge in [-0.05, 0) is 47.5 Å². The van der Waals surface area contributed by atoms with Gasteiger partial charge in [-0.3, -0.25) is 4.79 Å². The summed E-state index contributed by atoms with van der Waals surface area (Å²) in [5, 5.41) is 9.61. The molecule has 188 valence electrons. The zero-order valence-electron chi connectivity index (χ0n) is 19.7. The molecule has 9 nitrogen and oxygen atoms in total. The van der Waals surface area contributed by atoms with Crippen LogP contribution in [0.25, 0.3) is 0 Å². The summed E-state index contributed by atoms with van der Waals surface area (Å²) in [4.78, 5) is 26.8. The Hall–Kier alpha value is -3.92. The van der Waals surface area contributed by atoms with E-state index < -0.39 is 12.6 Å². The van der Waals surface area contributed by atoms with Crippen LogP contribution < -0.4 is 23.7 Å². The molecule has 1 N–H and O–H groups in total. The van der Waals surface area contributed by atoms with Crippen LogP contribution in [0.4, 0.5) is 0 Å². The molecule has 0 radical (unpaired) electrons. The van der Waals surface area contributed by atoms with Crippen molar-refractivity contribution in [1.29, 1.82) is 0 Å². The molecule has 1 aliphatic rings. The van der Waals surface area contributed by atoms with Gasteiger partial charge in [-0.2, -0.15) is 0 Å². The molecule has 1 aliphatic heterocycles. The third kappa shape index (κ3) is 5.83. The number of carboxylic acid groups (broad SMARTS) is 1. The number of benzene rings is 3. The van der Waals surface area contributed by atoms with Crippen LogP contribution in [0.2, 0.25) is 0 Å². The summed E-state index contributed by atoms with van der Waals surface area (Å²) in [7, 11) is 2.98. The number of rotatable bonds is 10. The Morgan fingerprint density at radius 2 is 1.72 bits per heavy atom. The van der Waals surface area contributed by atoms with Gasteiger partial charge in [0.05, 0.1) is 14.2 Å². The molecule has 3 aromatic rings. The molecular formula is C26H24BrNO8. The Labute approximate surface area is 216 Å². The van der Waals surface area contributed by atoms with Crippen molar-refractivity contribution in [3.8, 4) is 28.7 Å². The molecule has 0 saturated heterocycles. The fraction of sp³-hybridized carbons (Fsp3) is 0.231. The maximum absolute atomic E-state index is 13.4. The third-order valence-electron chi connectivity index (χ3n) is 5.48. The summed E-state index contributed by atoms with van der Waals surface area (Å²) >= 11 is 3.26. The van der Waals surface area contributed by atoms with Crippen LogP contribution in [-0.4, -0.2) is 49.5 Å². The second-order valence-corrected chi connectivity index (χ2v) is 8.78. The summed E-state index contributed by atoms with van der Waals surface area (Å²) in [6.07, 6.45) is 0. The number of nitrogens with zero attached hydrogens (tertiary/aromatic N) is 1. The minimum absolute atomic E-state index is 0.0223. The number of hydrogen-bond donors (Lipinski definition) is 1. The predicted octanol–water partition coefficient (Wildman–Crippen LogP) is 4.50. The van der Waals surface area contributed by atoms with Crippen molar-refractivity contribution in [2.45, 2.75) is 13.1 Å². The van der Waals surface area contributed by atoms with E-state index in [2.05, 4.69) is 15.9 Å². The van der Waals surface area contributed by atoms with Crippen LogP contribution in [0.3, 0.4) is 0 Å². The van der Waals surface area contributed by atoms with E-state index in [4.69, 9.17) is 23.7 Å². The van der Waals surface area contributed by atoms with Crippen molar-refractivity contribution < 1.29 is 38.4 Å². The molecule has 0 aliphatic carbocycles. The quantitative estimate of drug-likeness (QED) is 0.388. The van der Waals surface area contributed by atoms with E-state index in [9.17, 15) is 14.7 Å². The van der Waals surface area contributed by atoms with E-state index in [1.807, 2.05) is 36.4 Å². The van der Waals surface area contributed by atoms with E-state index in [0.717, 1.165) is 11.1 Å². The molecule has 1 heterocycles. The number of carbonyl (C=O) groups is 2. The van der Waals surface area contributed by atoms with E-state index >= 15 is 0 Å². The smallest absolute Gasteiger partial charge is 0.339 e. The van der Waals surface area contributed by atoms with Gasteiger partial charge in [0, 0.05) is 17.6 Å². The number of methoxy groups -OCH3 is 2. The fourth-order valence-corrected chi connectivity index (χ4v) is 4.17. The van der Waals surface area contributed by atoms with Crippen LogP contribution in [0.5, 0.6) is 28.7 Å². The van der Waals surface area contributed by atoms with Gasteiger partial charge in [0.15, 0.2) is 29.6 Å². The normalized spacial score (nSPS) is 11.6. The van der Waals surface area contributed by atoms with Gasteiger partial charge >= 0.3 is 5.97 Å². The molecule has 1 amide bonds. The lowest BCUT2D eigenvalue weighted by molar-refractivity contribution is -0.134. The first-order valence-electron chi connectivity index (χ1n) is 10.9. The maximum Gasteiger partial charge on any atom is 0.339 e. The molecule has 0 aromatic heterocycles. The fourth-order valence-electron chi connectivity index (χ4n) is 3.74. The minimum Gasteiger partial charge on any atom is -0.497 e. The lowest BCUT2D eigenvalue weighted by Crippen LogP contribution is -2.34. The lowest BCUT2D eigenvalue weighted by atomic mass is 10.1. The van der Waals surface area contributed by atoms with Crippen LogP contribution in [0.15, 0.2) is 59.1 Å². The number of halogens is 1. The largest absolute Gasteiger partial charge is 0.497 e. The molecule has 0 unspecified atom stereocenters. The highest BCUT2D eigenvalue weighted by molar-refractivity contribution is 9.10. The Bertz CT molecular complexity index is 1280. The number of amides is 1. The third-order valence-corrected chi connectivity index (χ3v) is 5.94. The Morgan fingerprint density at radius 1 is 0.972 bits per heavy atom. The van der Waals surface area contributed by atoms with Gasteiger partial charge in [-0.25, -0.2) is 4.79 Å². The van der Waals surface area contributed by atoms with Gasteiger partial charge in [0.25, 0.3) is 5.91 Å². The predicted molar refractivity (Wildman–Crippen MR) is 133 cm³/mol. The van der Waals surface area contributed by atoms with E-state index in [0.29, 0.717) is 21.7 Å². The number of fused-ring (bicyclic) bond motifs is 1. The van der Waals surface area contributed by atoms with Crippen LogP contribution in [0, 0.1) is 0 Å². The van der Waals surface area contributed by atoms with Crippen LogP contribution >= 0.6 is 15.9 Å². The first-order chi connectivity index (χ1) is 17.4. The molecule has 0 fully saturated rings. The molecular weight excluding hydrogens is 534 g/mol. The van der Waals surface area contributed by atoms with Crippen molar-refractivity contribution in [2.75, 3.05) is 27.6 Å². The van der Waals surface area contributed by atoms with Crippen LogP contribution in [0.1, 0.15) is 21.5 Å². The average molecular weight is 558 g/mol. The molecule has 0 spiro atoms. The number of ether oxygens (including phenoxy) is 5. The minimum atomic E-state index is -1.20. The van der Waals surface area contributed by atoms with Crippen molar-refractivity contribution >= 4 is 27.8 Å². The second kappa shape index (κ2) is 11.2. The Morgan fingerprint density at radius 3 is 2.44 bits per heavy atom. The van der Waals surface area contributed by atoms with Crippen molar-refractivity contribution in [3.05, 3.63) is 75.8 Å². The van der Waals surface area contributed by atoms with E-state index in [1.165, 1.54) is 13.2 Å². The van der Waals surface area contributed by atoms with Crippen LogP contribution in [-0.2, 0) is 17.9 Å². The van der Waals surface area contributed by atoms with Crippen molar-refractivity contribution in [1.82, 2.24) is 4.90 Å². The Balaban J connectivity index is 1.58. The SMILES string of the molecule is COc1cccc(CN(Cc2ccc3c(c2)OCO3)C(=O)COc2c(OC)cc(Br)cc2C(=O)O)c1. The van der Waals surface area contributed by atoms with E-state index in [-0.39, 0.29) is 42.9 Å². The Kier molecular flexibility index (Phi) is 7.84. The number of carbonyl (C=O) groups excluding carboxylic acids is 1. The topological polar surface area (TPSA) is 104 Å². The monoisotopic (exact) mass is 557 g/mol. The average Bonchev–Trinajstić information content (AvgIpc) is 3.35. The highest BCUT2D eigenvalue weighted by Gasteiger charge is 2.22. The summed E-state index contributed by atoms with van der Waals surface area (Å²) in [6, 6.07) is 15.9. The first kappa shape index (κ1) is 25.2. The molecule has 36 heavy (non-hydrogen) atoms. The van der Waals surface area contributed by atoms with Crippen molar-refractivity contribution in [3.63, 3.8) is 0 Å². The van der Waals surface area contributed by atoms with Crippen molar-refractivity contribution in [2.24, 2.45) is 0 Å².